The van der Waals surface area contributed by atoms with Crippen molar-refractivity contribution in [2.24, 2.45) is 4.99 Å². The Morgan fingerprint density at radius 1 is 1.00 bits per heavy atom. The first-order valence-corrected chi connectivity index (χ1v) is 8.98. The molecule has 1 aromatic heterocycles. The van der Waals surface area contributed by atoms with Gasteiger partial charge in [0, 0.05) is 28.9 Å². The fourth-order valence-corrected chi connectivity index (χ4v) is 3.16. The highest BCUT2D eigenvalue weighted by Crippen LogP contribution is 2.23. The van der Waals surface area contributed by atoms with E-state index in [9.17, 15) is 0 Å². The molecule has 2 aromatic carbocycles. The second-order valence-corrected chi connectivity index (χ2v) is 6.66. The van der Waals surface area contributed by atoms with Gasteiger partial charge in [-0.2, -0.15) is 0 Å². The van der Waals surface area contributed by atoms with E-state index in [-0.39, 0.29) is 0 Å². The van der Waals surface area contributed by atoms with Crippen LogP contribution in [0.4, 0.5) is 5.69 Å². The summed E-state index contributed by atoms with van der Waals surface area (Å²) in [6.07, 6.45) is 3.13. The van der Waals surface area contributed by atoms with Crippen LogP contribution in [0.15, 0.2) is 65.7 Å². The number of nitrogens with zero attached hydrogens (tertiary/aromatic N) is 2. The van der Waals surface area contributed by atoms with E-state index in [2.05, 4.69) is 91.9 Å². The number of rotatable bonds is 5. The molecule has 0 bridgehead atoms. The number of benzene rings is 2. The number of hydrogen-bond donors (Lipinski definition) is 0. The fourth-order valence-electron chi connectivity index (χ4n) is 3.16. The van der Waals surface area contributed by atoms with E-state index in [0.29, 0.717) is 5.92 Å². The minimum Gasteiger partial charge on any atom is -0.318 e. The summed E-state index contributed by atoms with van der Waals surface area (Å²) in [5, 5.41) is 0. The van der Waals surface area contributed by atoms with E-state index in [4.69, 9.17) is 0 Å². The molecule has 0 spiro atoms. The summed E-state index contributed by atoms with van der Waals surface area (Å²) in [7, 11) is 0. The lowest BCUT2D eigenvalue weighted by atomic mass is 9.99. The molecule has 0 amide bonds. The molecule has 2 nitrogen and oxygen atoms in total. The molecular weight excluding hydrogens is 304 g/mol. The lowest BCUT2D eigenvalue weighted by Crippen LogP contribution is -1.99. The summed E-state index contributed by atoms with van der Waals surface area (Å²) in [4.78, 5) is 4.67. The van der Waals surface area contributed by atoms with Crippen LogP contribution in [0.25, 0.3) is 5.69 Å². The molecule has 2 heteroatoms. The molecule has 1 atom stereocenters. The van der Waals surface area contributed by atoms with Crippen LogP contribution in [-0.2, 0) is 0 Å². The van der Waals surface area contributed by atoms with Crippen molar-refractivity contribution in [3.05, 3.63) is 83.2 Å². The minimum atomic E-state index is 0.600. The number of para-hydroxylation sites is 1. The van der Waals surface area contributed by atoms with Gasteiger partial charge in [-0.05, 0) is 62.1 Å². The van der Waals surface area contributed by atoms with Crippen LogP contribution in [0, 0.1) is 13.8 Å². The van der Waals surface area contributed by atoms with E-state index in [1.807, 2.05) is 12.3 Å². The summed E-state index contributed by atoms with van der Waals surface area (Å²) in [5.41, 5.74) is 7.16. The molecule has 3 rings (SSSR count). The molecule has 0 fully saturated rings. The van der Waals surface area contributed by atoms with Crippen molar-refractivity contribution in [3.63, 3.8) is 0 Å². The SMILES string of the molecule is CC[C@@H](C)c1ccc(N=Cc2cc(C)n(-c3ccccc3)c2C)cc1. The molecule has 25 heavy (non-hydrogen) atoms. The predicted molar refractivity (Wildman–Crippen MR) is 108 cm³/mol. The van der Waals surface area contributed by atoms with Crippen molar-refractivity contribution in [1.82, 2.24) is 4.57 Å². The highest BCUT2D eigenvalue weighted by molar-refractivity contribution is 5.84. The van der Waals surface area contributed by atoms with E-state index >= 15 is 0 Å². The predicted octanol–water partition coefficient (Wildman–Crippen LogP) is 6.36. The van der Waals surface area contributed by atoms with Crippen molar-refractivity contribution >= 4 is 11.9 Å². The van der Waals surface area contributed by atoms with E-state index in [1.54, 1.807) is 0 Å². The van der Waals surface area contributed by atoms with Gasteiger partial charge in [-0.25, -0.2) is 0 Å². The lowest BCUT2D eigenvalue weighted by molar-refractivity contribution is 0.734. The zero-order valence-electron chi connectivity index (χ0n) is 15.5. The van der Waals surface area contributed by atoms with Gasteiger partial charge in [0.15, 0.2) is 0 Å². The van der Waals surface area contributed by atoms with E-state index < -0.39 is 0 Å². The van der Waals surface area contributed by atoms with Gasteiger partial charge in [-0.15, -0.1) is 0 Å². The first-order chi connectivity index (χ1) is 12.1. The van der Waals surface area contributed by atoms with Crippen molar-refractivity contribution in [1.29, 1.82) is 0 Å². The molecule has 128 valence electrons. The van der Waals surface area contributed by atoms with Gasteiger partial charge in [-0.3, -0.25) is 4.99 Å². The monoisotopic (exact) mass is 330 g/mol. The Labute approximate surface area is 150 Å². The minimum absolute atomic E-state index is 0.600. The first-order valence-electron chi connectivity index (χ1n) is 8.98. The van der Waals surface area contributed by atoms with E-state index in [0.717, 1.165) is 17.7 Å². The quantitative estimate of drug-likeness (QED) is 0.484. The molecule has 0 aliphatic carbocycles. The van der Waals surface area contributed by atoms with Crippen LogP contribution in [-0.4, -0.2) is 10.8 Å². The van der Waals surface area contributed by atoms with E-state index in [1.165, 1.54) is 22.6 Å². The Balaban J connectivity index is 1.85. The Hall–Kier alpha value is -2.61. The molecule has 1 heterocycles. The summed E-state index contributed by atoms with van der Waals surface area (Å²) in [5.74, 6) is 0.600. The second-order valence-electron chi connectivity index (χ2n) is 6.66. The standard InChI is InChI=1S/C23H26N2/c1-5-17(2)20-11-13-22(14-12-20)24-16-21-15-18(3)25(19(21)4)23-9-7-6-8-10-23/h6-17H,5H2,1-4H3/t17-/m1/s1. The zero-order valence-corrected chi connectivity index (χ0v) is 15.5. The lowest BCUT2D eigenvalue weighted by Gasteiger charge is -2.09. The Morgan fingerprint density at radius 2 is 1.68 bits per heavy atom. The van der Waals surface area contributed by atoms with Gasteiger partial charge in [0.25, 0.3) is 0 Å². The average molecular weight is 330 g/mol. The van der Waals surface area contributed by atoms with Crippen molar-refractivity contribution in [2.75, 3.05) is 0 Å². The van der Waals surface area contributed by atoms with Crippen LogP contribution in [0.5, 0.6) is 0 Å². The van der Waals surface area contributed by atoms with Crippen LogP contribution < -0.4 is 0 Å². The van der Waals surface area contributed by atoms with Gasteiger partial charge in [0.1, 0.15) is 0 Å². The van der Waals surface area contributed by atoms with Crippen LogP contribution in [0.2, 0.25) is 0 Å². The smallest absolute Gasteiger partial charge is 0.0630 e. The summed E-state index contributed by atoms with van der Waals surface area (Å²) in [6, 6.07) is 21.2. The second kappa shape index (κ2) is 7.52. The fraction of sp³-hybridized carbons (Fsp3) is 0.261. The molecule has 0 saturated carbocycles. The van der Waals surface area contributed by atoms with Gasteiger partial charge in [0.2, 0.25) is 0 Å². The maximum atomic E-state index is 4.67. The Bertz CT molecular complexity index is 855. The van der Waals surface area contributed by atoms with Crippen LogP contribution in [0.1, 0.15) is 48.7 Å². The third kappa shape index (κ3) is 3.74. The molecule has 0 saturated heterocycles. The van der Waals surface area contributed by atoms with Crippen LogP contribution >= 0.6 is 0 Å². The maximum Gasteiger partial charge on any atom is 0.0630 e. The summed E-state index contributed by atoms with van der Waals surface area (Å²) in [6.45, 7) is 8.77. The van der Waals surface area contributed by atoms with Gasteiger partial charge < -0.3 is 4.57 Å². The largest absolute Gasteiger partial charge is 0.318 e. The summed E-state index contributed by atoms with van der Waals surface area (Å²) >= 11 is 0. The maximum absolute atomic E-state index is 4.67. The van der Waals surface area contributed by atoms with Crippen LogP contribution in [0.3, 0.4) is 0 Å². The molecule has 3 aromatic rings. The average Bonchev–Trinajstić information content (AvgIpc) is 2.94. The first kappa shape index (κ1) is 17.2. The number of aryl methyl sites for hydroxylation is 1. The number of aromatic nitrogens is 1. The molecule has 0 radical (unpaired) electrons. The van der Waals surface area contributed by atoms with Gasteiger partial charge >= 0.3 is 0 Å². The third-order valence-corrected chi connectivity index (χ3v) is 4.91. The molecule has 0 unspecified atom stereocenters. The van der Waals surface area contributed by atoms with Crippen molar-refractivity contribution in [2.45, 2.75) is 40.0 Å². The zero-order chi connectivity index (χ0) is 17.8. The molecule has 0 N–H and O–H groups in total. The Morgan fingerprint density at radius 3 is 2.32 bits per heavy atom. The molecule has 0 aliphatic heterocycles. The molecular formula is C23H26N2. The number of hydrogen-bond acceptors (Lipinski definition) is 1. The Kier molecular flexibility index (Phi) is 5.18. The third-order valence-electron chi connectivity index (χ3n) is 4.91. The van der Waals surface area contributed by atoms with Crippen molar-refractivity contribution < 1.29 is 0 Å². The normalized spacial score (nSPS) is 12.6. The highest BCUT2D eigenvalue weighted by Gasteiger charge is 2.09. The highest BCUT2D eigenvalue weighted by atomic mass is 15.0. The molecule has 0 aliphatic rings. The topological polar surface area (TPSA) is 17.3 Å². The van der Waals surface area contributed by atoms with Gasteiger partial charge in [-0.1, -0.05) is 44.2 Å². The van der Waals surface area contributed by atoms with Gasteiger partial charge in [0.05, 0.1) is 5.69 Å². The number of aliphatic imine (C=N–C) groups is 1. The van der Waals surface area contributed by atoms with Crippen molar-refractivity contribution in [3.8, 4) is 5.69 Å². The summed E-state index contributed by atoms with van der Waals surface area (Å²) < 4.78 is 2.27.